The molecule has 0 aliphatic carbocycles. The Balaban J connectivity index is 2.11. The molecule has 17 heavy (non-hydrogen) atoms. The highest BCUT2D eigenvalue weighted by Crippen LogP contribution is 2.33. The van der Waals surface area contributed by atoms with Crippen LogP contribution in [-0.2, 0) is 9.47 Å². The van der Waals surface area contributed by atoms with Crippen molar-refractivity contribution in [2.24, 2.45) is 5.92 Å². The normalized spacial score (nSPS) is 25.8. The minimum absolute atomic E-state index is 0.00308. The van der Waals surface area contributed by atoms with E-state index >= 15 is 0 Å². The number of aliphatic hydroxyl groups excluding tert-OH is 1. The monoisotopic (exact) mass is 240 g/mol. The van der Waals surface area contributed by atoms with Gasteiger partial charge in [0.1, 0.15) is 11.9 Å². The first kappa shape index (κ1) is 12.1. The number of carbonyl (C=O) groups is 1. The van der Waals surface area contributed by atoms with Gasteiger partial charge < -0.3 is 19.0 Å². The lowest BCUT2D eigenvalue weighted by Crippen LogP contribution is -2.19. The number of carbonyl (C=O) groups excluding carboxylic acids is 1. The van der Waals surface area contributed by atoms with Gasteiger partial charge in [-0.15, -0.1) is 0 Å². The zero-order valence-electron chi connectivity index (χ0n) is 9.88. The van der Waals surface area contributed by atoms with Crippen molar-refractivity contribution in [3.05, 3.63) is 23.7 Å². The fourth-order valence-corrected chi connectivity index (χ4v) is 2.10. The van der Waals surface area contributed by atoms with Crippen LogP contribution in [-0.4, -0.2) is 30.9 Å². The van der Waals surface area contributed by atoms with Gasteiger partial charge in [0.2, 0.25) is 5.76 Å². The summed E-state index contributed by atoms with van der Waals surface area (Å²) in [5, 5.41) is 10.1. The lowest BCUT2D eigenvalue weighted by molar-refractivity contribution is 0.0302. The van der Waals surface area contributed by atoms with Crippen LogP contribution in [0.15, 0.2) is 16.5 Å². The molecule has 1 aliphatic rings. The van der Waals surface area contributed by atoms with E-state index in [1.165, 1.54) is 13.2 Å². The van der Waals surface area contributed by atoms with Gasteiger partial charge in [-0.3, -0.25) is 0 Å². The highest BCUT2D eigenvalue weighted by Gasteiger charge is 2.33. The first-order valence-corrected chi connectivity index (χ1v) is 5.61. The number of esters is 1. The molecule has 0 aromatic carbocycles. The standard InChI is InChI=1S/C12H16O5/c1-7-8(5-6-16-7)11(13)9-3-4-10(17-9)12(14)15-2/h3-4,7-8,11,13H,5-6H2,1-2H3. The van der Waals surface area contributed by atoms with Crippen LogP contribution in [0.1, 0.15) is 35.8 Å². The van der Waals surface area contributed by atoms with Crippen molar-refractivity contribution >= 4 is 5.97 Å². The molecule has 5 heteroatoms. The minimum Gasteiger partial charge on any atom is -0.463 e. The van der Waals surface area contributed by atoms with Gasteiger partial charge in [-0.05, 0) is 25.5 Å². The molecule has 3 unspecified atom stereocenters. The van der Waals surface area contributed by atoms with Gasteiger partial charge in [-0.25, -0.2) is 4.79 Å². The molecule has 1 aromatic rings. The largest absolute Gasteiger partial charge is 0.463 e. The summed E-state index contributed by atoms with van der Waals surface area (Å²) in [6, 6.07) is 3.10. The lowest BCUT2D eigenvalue weighted by atomic mass is 9.94. The molecular weight excluding hydrogens is 224 g/mol. The molecule has 5 nitrogen and oxygen atoms in total. The molecule has 0 radical (unpaired) electrons. The van der Waals surface area contributed by atoms with Crippen LogP contribution in [0, 0.1) is 5.92 Å². The van der Waals surface area contributed by atoms with Crippen LogP contribution in [0.5, 0.6) is 0 Å². The predicted octanol–water partition coefficient (Wildman–Crippen LogP) is 1.52. The van der Waals surface area contributed by atoms with E-state index in [2.05, 4.69) is 4.74 Å². The highest BCUT2D eigenvalue weighted by molar-refractivity contribution is 5.86. The van der Waals surface area contributed by atoms with Gasteiger partial charge in [0.15, 0.2) is 0 Å². The molecule has 0 bridgehead atoms. The van der Waals surface area contributed by atoms with Crippen molar-refractivity contribution in [1.82, 2.24) is 0 Å². The molecule has 2 rings (SSSR count). The Hall–Kier alpha value is -1.33. The van der Waals surface area contributed by atoms with Crippen LogP contribution in [0.25, 0.3) is 0 Å². The van der Waals surface area contributed by atoms with E-state index in [0.717, 1.165) is 6.42 Å². The Morgan fingerprint density at radius 1 is 1.59 bits per heavy atom. The average molecular weight is 240 g/mol. The van der Waals surface area contributed by atoms with Crippen LogP contribution in [0.3, 0.4) is 0 Å². The Bertz CT molecular complexity index is 397. The van der Waals surface area contributed by atoms with E-state index in [1.54, 1.807) is 6.07 Å². The highest BCUT2D eigenvalue weighted by atomic mass is 16.5. The molecule has 1 aliphatic heterocycles. The molecule has 1 aromatic heterocycles. The molecule has 1 fully saturated rings. The van der Waals surface area contributed by atoms with Crippen molar-refractivity contribution in [3.8, 4) is 0 Å². The van der Waals surface area contributed by atoms with E-state index in [4.69, 9.17) is 9.15 Å². The summed E-state index contributed by atoms with van der Waals surface area (Å²) in [6.07, 6.45) is 0.0407. The van der Waals surface area contributed by atoms with Crippen molar-refractivity contribution in [1.29, 1.82) is 0 Å². The van der Waals surface area contributed by atoms with E-state index < -0.39 is 12.1 Å². The van der Waals surface area contributed by atoms with E-state index in [9.17, 15) is 9.90 Å². The number of ether oxygens (including phenoxy) is 2. The molecule has 0 saturated carbocycles. The fraction of sp³-hybridized carbons (Fsp3) is 0.583. The second kappa shape index (κ2) is 4.89. The fourth-order valence-electron chi connectivity index (χ4n) is 2.10. The number of rotatable bonds is 3. The number of methoxy groups -OCH3 is 1. The summed E-state index contributed by atoms with van der Waals surface area (Å²) in [5.74, 6) is -0.0494. The molecule has 1 saturated heterocycles. The zero-order chi connectivity index (χ0) is 12.4. The number of hydrogen-bond acceptors (Lipinski definition) is 5. The summed E-state index contributed by atoms with van der Waals surface area (Å²) in [5.41, 5.74) is 0. The lowest BCUT2D eigenvalue weighted by Gasteiger charge is -2.18. The van der Waals surface area contributed by atoms with E-state index in [-0.39, 0.29) is 17.8 Å². The third-order valence-electron chi connectivity index (χ3n) is 3.15. The first-order chi connectivity index (χ1) is 8.13. The van der Waals surface area contributed by atoms with Gasteiger partial charge in [0, 0.05) is 12.5 Å². The third-order valence-corrected chi connectivity index (χ3v) is 3.15. The van der Waals surface area contributed by atoms with Gasteiger partial charge >= 0.3 is 5.97 Å². The number of furan rings is 1. The van der Waals surface area contributed by atoms with Crippen LogP contribution in [0.4, 0.5) is 0 Å². The topological polar surface area (TPSA) is 68.9 Å². The molecule has 0 spiro atoms. The summed E-state index contributed by atoms with van der Waals surface area (Å²) < 4.78 is 15.2. The summed E-state index contributed by atoms with van der Waals surface area (Å²) in [6.45, 7) is 2.57. The minimum atomic E-state index is -0.745. The van der Waals surface area contributed by atoms with Crippen molar-refractivity contribution in [2.75, 3.05) is 13.7 Å². The predicted molar refractivity (Wildman–Crippen MR) is 58.5 cm³/mol. The maximum absolute atomic E-state index is 11.2. The van der Waals surface area contributed by atoms with E-state index in [0.29, 0.717) is 12.4 Å². The van der Waals surface area contributed by atoms with Crippen LogP contribution >= 0.6 is 0 Å². The van der Waals surface area contributed by atoms with E-state index in [1.807, 2.05) is 6.92 Å². The zero-order valence-corrected chi connectivity index (χ0v) is 9.88. The summed E-state index contributed by atoms with van der Waals surface area (Å²) in [4.78, 5) is 11.2. The molecule has 94 valence electrons. The van der Waals surface area contributed by atoms with Gasteiger partial charge in [0.05, 0.1) is 13.2 Å². The third kappa shape index (κ3) is 2.35. The second-order valence-corrected chi connectivity index (χ2v) is 4.17. The quantitative estimate of drug-likeness (QED) is 0.811. The summed E-state index contributed by atoms with van der Waals surface area (Å²) in [7, 11) is 1.29. The molecule has 3 atom stereocenters. The molecular formula is C12H16O5. The average Bonchev–Trinajstić information content (AvgIpc) is 2.95. The van der Waals surface area contributed by atoms with Gasteiger partial charge in [-0.2, -0.15) is 0 Å². The van der Waals surface area contributed by atoms with Crippen molar-refractivity contribution in [2.45, 2.75) is 25.6 Å². The van der Waals surface area contributed by atoms with Gasteiger partial charge in [0.25, 0.3) is 0 Å². The molecule has 0 amide bonds. The van der Waals surface area contributed by atoms with Crippen molar-refractivity contribution < 1.29 is 23.8 Å². The number of aliphatic hydroxyl groups is 1. The van der Waals surface area contributed by atoms with Crippen molar-refractivity contribution in [3.63, 3.8) is 0 Å². The van der Waals surface area contributed by atoms with Crippen LogP contribution in [0.2, 0.25) is 0 Å². The number of hydrogen-bond donors (Lipinski definition) is 1. The Morgan fingerprint density at radius 3 is 2.94 bits per heavy atom. The maximum atomic E-state index is 11.2. The summed E-state index contributed by atoms with van der Waals surface area (Å²) >= 11 is 0. The molecule has 1 N–H and O–H groups in total. The Labute approximate surface area is 99.3 Å². The molecule has 2 heterocycles. The Kier molecular flexibility index (Phi) is 3.49. The second-order valence-electron chi connectivity index (χ2n) is 4.17. The smallest absolute Gasteiger partial charge is 0.373 e. The SMILES string of the molecule is COC(=O)c1ccc(C(O)C2CCOC2C)o1. The Morgan fingerprint density at radius 2 is 2.35 bits per heavy atom. The van der Waals surface area contributed by atoms with Gasteiger partial charge in [-0.1, -0.05) is 0 Å². The van der Waals surface area contributed by atoms with Crippen LogP contribution < -0.4 is 0 Å². The maximum Gasteiger partial charge on any atom is 0.373 e. The first-order valence-electron chi connectivity index (χ1n) is 5.61.